The van der Waals surface area contributed by atoms with E-state index in [0.717, 1.165) is 5.56 Å². The predicted octanol–water partition coefficient (Wildman–Crippen LogP) is 5.57. The lowest BCUT2D eigenvalue weighted by atomic mass is 10.1. The van der Waals surface area contributed by atoms with Gasteiger partial charge in [0.2, 0.25) is 0 Å². The van der Waals surface area contributed by atoms with Gasteiger partial charge in [-0.15, -0.1) is 0 Å². The van der Waals surface area contributed by atoms with Gasteiger partial charge >= 0.3 is 0 Å². The van der Waals surface area contributed by atoms with E-state index in [9.17, 15) is 9.59 Å². The van der Waals surface area contributed by atoms with Gasteiger partial charge in [0.25, 0.3) is 11.8 Å². The van der Waals surface area contributed by atoms with Crippen LogP contribution in [0.5, 0.6) is 5.75 Å². The van der Waals surface area contributed by atoms with Crippen LogP contribution in [0.1, 0.15) is 15.9 Å². The summed E-state index contributed by atoms with van der Waals surface area (Å²) in [5.41, 5.74) is 2.10. The molecular formula is C22H18Cl2N2O3. The van der Waals surface area contributed by atoms with Gasteiger partial charge in [-0.3, -0.25) is 9.59 Å². The summed E-state index contributed by atoms with van der Waals surface area (Å²) >= 11 is 12.0. The summed E-state index contributed by atoms with van der Waals surface area (Å²) in [5, 5.41) is 6.22. The number of para-hydroxylation sites is 1. The number of rotatable bonds is 6. The van der Waals surface area contributed by atoms with E-state index < -0.39 is 5.91 Å². The Morgan fingerprint density at radius 3 is 2.38 bits per heavy atom. The normalized spacial score (nSPS) is 10.3. The number of ether oxygens (including phenoxy) is 1. The Kier molecular flexibility index (Phi) is 6.75. The van der Waals surface area contributed by atoms with Crippen LogP contribution in [0.15, 0.2) is 66.7 Å². The maximum atomic E-state index is 12.6. The number of hydrogen-bond acceptors (Lipinski definition) is 3. The lowest BCUT2D eigenvalue weighted by molar-refractivity contribution is -0.118. The van der Waals surface area contributed by atoms with E-state index >= 15 is 0 Å². The number of benzene rings is 3. The third-order valence-corrected chi connectivity index (χ3v) is 4.53. The van der Waals surface area contributed by atoms with Gasteiger partial charge in [0.1, 0.15) is 5.75 Å². The van der Waals surface area contributed by atoms with Crippen molar-refractivity contribution in [1.82, 2.24) is 0 Å². The van der Waals surface area contributed by atoms with E-state index in [0.29, 0.717) is 22.1 Å². The van der Waals surface area contributed by atoms with Crippen molar-refractivity contribution in [3.05, 3.63) is 87.9 Å². The number of halogens is 2. The monoisotopic (exact) mass is 428 g/mol. The molecule has 148 valence electrons. The molecular weight excluding hydrogens is 411 g/mol. The molecule has 0 aliphatic carbocycles. The molecule has 0 heterocycles. The summed E-state index contributed by atoms with van der Waals surface area (Å²) in [6.45, 7) is 1.73. The molecule has 0 saturated heterocycles. The third kappa shape index (κ3) is 5.73. The zero-order valence-corrected chi connectivity index (χ0v) is 17.1. The van der Waals surface area contributed by atoms with Gasteiger partial charge in [-0.1, -0.05) is 47.5 Å². The Balaban J connectivity index is 1.72. The number of anilines is 2. The first-order valence-corrected chi connectivity index (χ1v) is 9.53. The highest BCUT2D eigenvalue weighted by Crippen LogP contribution is 2.26. The molecule has 0 spiro atoms. The quantitative estimate of drug-likeness (QED) is 0.538. The average Bonchev–Trinajstić information content (AvgIpc) is 2.69. The number of amides is 2. The first kappa shape index (κ1) is 20.7. The molecule has 0 aliphatic heterocycles. The Labute approximate surface area is 178 Å². The Hall–Kier alpha value is -3.02. The molecule has 3 aromatic rings. The van der Waals surface area contributed by atoms with Crippen molar-refractivity contribution < 1.29 is 14.3 Å². The summed E-state index contributed by atoms with van der Waals surface area (Å²) in [6, 6.07) is 19.0. The van der Waals surface area contributed by atoms with Crippen molar-refractivity contribution in [2.24, 2.45) is 0 Å². The van der Waals surface area contributed by atoms with Crippen LogP contribution in [0.4, 0.5) is 11.4 Å². The molecule has 3 rings (SSSR count). The number of carbonyl (C=O) groups is 2. The van der Waals surface area contributed by atoms with Crippen LogP contribution in [0.25, 0.3) is 0 Å². The summed E-state index contributed by atoms with van der Waals surface area (Å²) in [5.74, 6) is -0.163. The van der Waals surface area contributed by atoms with Gasteiger partial charge in [0.05, 0.1) is 22.0 Å². The van der Waals surface area contributed by atoms with E-state index in [1.54, 1.807) is 36.4 Å². The molecule has 5 nitrogen and oxygen atoms in total. The number of carbonyl (C=O) groups excluding carboxylic acids is 2. The Bertz CT molecular complexity index is 1040. The molecule has 3 aromatic carbocycles. The Morgan fingerprint density at radius 1 is 0.897 bits per heavy atom. The van der Waals surface area contributed by atoms with Crippen LogP contribution < -0.4 is 15.4 Å². The summed E-state index contributed by atoms with van der Waals surface area (Å²) < 4.78 is 5.45. The first-order valence-electron chi connectivity index (χ1n) is 8.77. The molecule has 7 heteroatoms. The number of hydrogen-bond donors (Lipinski definition) is 2. The maximum Gasteiger partial charge on any atom is 0.262 e. The van der Waals surface area contributed by atoms with E-state index in [1.807, 2.05) is 31.2 Å². The highest BCUT2D eigenvalue weighted by atomic mass is 35.5. The van der Waals surface area contributed by atoms with E-state index in [-0.39, 0.29) is 23.1 Å². The van der Waals surface area contributed by atoms with Crippen molar-refractivity contribution in [2.75, 3.05) is 17.2 Å². The predicted molar refractivity (Wildman–Crippen MR) is 116 cm³/mol. The molecule has 0 bridgehead atoms. The fourth-order valence-corrected chi connectivity index (χ4v) is 3.08. The van der Waals surface area contributed by atoms with Gasteiger partial charge in [0, 0.05) is 5.02 Å². The smallest absolute Gasteiger partial charge is 0.262 e. The molecule has 0 saturated carbocycles. The minimum absolute atomic E-state index is 0.158. The van der Waals surface area contributed by atoms with Crippen LogP contribution in [0, 0.1) is 6.92 Å². The van der Waals surface area contributed by atoms with Crippen molar-refractivity contribution in [3.63, 3.8) is 0 Å². The minimum Gasteiger partial charge on any atom is -0.484 e. The molecule has 2 N–H and O–H groups in total. The highest BCUT2D eigenvalue weighted by Gasteiger charge is 2.14. The van der Waals surface area contributed by atoms with Gasteiger partial charge in [0.15, 0.2) is 6.61 Å². The zero-order chi connectivity index (χ0) is 20.8. The number of aryl methyl sites for hydroxylation is 1. The highest BCUT2D eigenvalue weighted by molar-refractivity contribution is 6.37. The van der Waals surface area contributed by atoms with E-state index in [1.165, 1.54) is 6.07 Å². The van der Waals surface area contributed by atoms with Crippen LogP contribution in [0.3, 0.4) is 0 Å². The molecule has 2 amide bonds. The van der Waals surface area contributed by atoms with Crippen molar-refractivity contribution in [1.29, 1.82) is 0 Å². The van der Waals surface area contributed by atoms with Crippen LogP contribution >= 0.6 is 23.2 Å². The fraction of sp³-hybridized carbons (Fsp3) is 0.0909. The number of nitrogens with one attached hydrogen (secondary N) is 2. The van der Waals surface area contributed by atoms with Gasteiger partial charge in [-0.25, -0.2) is 0 Å². The largest absolute Gasteiger partial charge is 0.484 e. The second-order valence-corrected chi connectivity index (χ2v) is 7.12. The van der Waals surface area contributed by atoms with Crippen LogP contribution in [-0.4, -0.2) is 18.4 Å². The summed E-state index contributed by atoms with van der Waals surface area (Å²) in [6.07, 6.45) is 0. The second kappa shape index (κ2) is 9.45. The second-order valence-electron chi connectivity index (χ2n) is 6.28. The van der Waals surface area contributed by atoms with Gasteiger partial charge in [-0.2, -0.15) is 0 Å². The van der Waals surface area contributed by atoms with Gasteiger partial charge < -0.3 is 15.4 Å². The summed E-state index contributed by atoms with van der Waals surface area (Å²) in [7, 11) is 0. The van der Waals surface area contributed by atoms with Crippen LogP contribution in [-0.2, 0) is 4.79 Å². The fourth-order valence-electron chi connectivity index (χ4n) is 2.59. The molecule has 0 aromatic heterocycles. The molecule has 0 atom stereocenters. The topological polar surface area (TPSA) is 67.4 Å². The molecule has 0 radical (unpaired) electrons. The molecule has 0 aliphatic rings. The molecule has 0 fully saturated rings. The lowest BCUT2D eigenvalue weighted by Crippen LogP contribution is -2.22. The van der Waals surface area contributed by atoms with Gasteiger partial charge in [-0.05, 0) is 55.0 Å². The van der Waals surface area contributed by atoms with E-state index in [2.05, 4.69) is 10.6 Å². The van der Waals surface area contributed by atoms with Crippen molar-refractivity contribution >= 4 is 46.4 Å². The van der Waals surface area contributed by atoms with Crippen molar-refractivity contribution in [3.8, 4) is 5.75 Å². The third-order valence-electron chi connectivity index (χ3n) is 3.99. The molecule has 29 heavy (non-hydrogen) atoms. The minimum atomic E-state index is -0.409. The van der Waals surface area contributed by atoms with E-state index in [4.69, 9.17) is 27.9 Å². The lowest BCUT2D eigenvalue weighted by Gasteiger charge is -2.14. The maximum absolute atomic E-state index is 12.6. The first-order chi connectivity index (χ1) is 13.9. The molecule has 0 unspecified atom stereocenters. The zero-order valence-electron chi connectivity index (χ0n) is 15.5. The average molecular weight is 429 g/mol. The van der Waals surface area contributed by atoms with Crippen LogP contribution in [0.2, 0.25) is 10.0 Å². The standard InChI is InChI=1S/C22H18Cl2N2O3/c1-14-7-10-19(25-21(27)13-29-16-5-3-2-4-6-16)20(11-14)26-22(28)17-9-8-15(23)12-18(17)24/h2-12H,13H2,1H3,(H,25,27)(H,26,28). The SMILES string of the molecule is Cc1ccc(NC(=O)COc2ccccc2)c(NC(=O)c2ccc(Cl)cc2Cl)c1. The summed E-state index contributed by atoms with van der Waals surface area (Å²) in [4.78, 5) is 24.9. The Morgan fingerprint density at radius 2 is 1.66 bits per heavy atom. The van der Waals surface area contributed by atoms with Crippen molar-refractivity contribution in [2.45, 2.75) is 6.92 Å².